The predicted molar refractivity (Wildman–Crippen MR) is 98.9 cm³/mol. The van der Waals surface area contributed by atoms with Crippen molar-refractivity contribution >= 4 is 35.6 Å². The third-order valence-electron chi connectivity index (χ3n) is 4.91. The van der Waals surface area contributed by atoms with Crippen LogP contribution in [0.5, 0.6) is 0 Å². The van der Waals surface area contributed by atoms with Gasteiger partial charge < -0.3 is 15.1 Å². The largest absolute Gasteiger partial charge is 0.339 e. The summed E-state index contributed by atoms with van der Waals surface area (Å²) in [5, 5.41) is 7.17. The number of rotatable bonds is 4. The van der Waals surface area contributed by atoms with Crippen LogP contribution < -0.4 is 5.32 Å². The van der Waals surface area contributed by atoms with Gasteiger partial charge in [0, 0.05) is 38.0 Å². The quantitative estimate of drug-likeness (QED) is 0.883. The Balaban J connectivity index is 0.00000208. The van der Waals surface area contributed by atoms with E-state index < -0.39 is 0 Å². The zero-order valence-electron chi connectivity index (χ0n) is 13.9. The van der Waals surface area contributed by atoms with Gasteiger partial charge in [-0.1, -0.05) is 0 Å². The second kappa shape index (κ2) is 9.39. The zero-order chi connectivity index (χ0) is 16.1. The number of piperidine rings is 1. The summed E-state index contributed by atoms with van der Waals surface area (Å²) in [6, 6.07) is 1.86. The lowest BCUT2D eigenvalue weighted by molar-refractivity contribution is -0.133. The smallest absolute Gasteiger partial charge is 0.254 e. The van der Waals surface area contributed by atoms with Crippen molar-refractivity contribution in [2.45, 2.75) is 25.7 Å². The molecule has 0 aromatic carbocycles. The molecule has 0 unspecified atom stereocenters. The molecule has 24 heavy (non-hydrogen) atoms. The predicted octanol–water partition coefficient (Wildman–Crippen LogP) is 2.23. The van der Waals surface area contributed by atoms with Crippen LogP contribution in [0.4, 0.5) is 0 Å². The van der Waals surface area contributed by atoms with Crippen molar-refractivity contribution in [2.24, 2.45) is 5.92 Å². The summed E-state index contributed by atoms with van der Waals surface area (Å²) >= 11 is 1.54. The van der Waals surface area contributed by atoms with E-state index in [1.807, 2.05) is 26.6 Å². The van der Waals surface area contributed by atoms with Crippen molar-refractivity contribution in [2.75, 3.05) is 39.3 Å². The van der Waals surface area contributed by atoms with Crippen LogP contribution in [0, 0.1) is 5.92 Å². The van der Waals surface area contributed by atoms with Crippen molar-refractivity contribution in [3.8, 4) is 0 Å². The normalized spacial score (nSPS) is 19.0. The van der Waals surface area contributed by atoms with E-state index in [0.29, 0.717) is 38.5 Å². The highest BCUT2D eigenvalue weighted by Crippen LogP contribution is 2.19. The summed E-state index contributed by atoms with van der Waals surface area (Å²) in [6.07, 6.45) is 4.05. The molecule has 0 atom stereocenters. The number of hydrogen-bond acceptors (Lipinski definition) is 4. The lowest BCUT2D eigenvalue weighted by atomic mass is 9.93. The van der Waals surface area contributed by atoms with Gasteiger partial charge in [-0.05, 0) is 49.7 Å². The topological polar surface area (TPSA) is 52.7 Å². The number of carbonyl (C=O) groups is 2. The number of amides is 2. The first-order chi connectivity index (χ1) is 11.2. The Hall–Kier alpha value is -1.11. The molecule has 134 valence electrons. The van der Waals surface area contributed by atoms with Gasteiger partial charge in [0.05, 0.1) is 5.56 Å². The van der Waals surface area contributed by atoms with Gasteiger partial charge in [0.15, 0.2) is 0 Å². The van der Waals surface area contributed by atoms with Crippen molar-refractivity contribution in [3.05, 3.63) is 22.4 Å². The van der Waals surface area contributed by atoms with E-state index in [1.54, 1.807) is 11.3 Å². The number of thiophene rings is 1. The zero-order valence-corrected chi connectivity index (χ0v) is 15.5. The van der Waals surface area contributed by atoms with Gasteiger partial charge >= 0.3 is 0 Å². The lowest BCUT2D eigenvalue weighted by Crippen LogP contribution is -2.50. The Labute approximate surface area is 153 Å². The summed E-state index contributed by atoms with van der Waals surface area (Å²) in [4.78, 5) is 28.4. The molecule has 2 fully saturated rings. The molecule has 1 aromatic rings. The monoisotopic (exact) mass is 371 g/mol. The summed E-state index contributed by atoms with van der Waals surface area (Å²) in [7, 11) is 0. The van der Waals surface area contributed by atoms with E-state index in [4.69, 9.17) is 0 Å². The fourth-order valence-corrected chi connectivity index (χ4v) is 4.01. The molecule has 1 aromatic heterocycles. The molecule has 5 nitrogen and oxygen atoms in total. The minimum atomic E-state index is 0. The highest BCUT2D eigenvalue weighted by Gasteiger charge is 2.25. The molecule has 0 saturated carbocycles. The number of piperazine rings is 1. The van der Waals surface area contributed by atoms with Crippen molar-refractivity contribution < 1.29 is 9.59 Å². The molecular weight excluding hydrogens is 346 g/mol. The Bertz CT molecular complexity index is 524. The molecule has 0 aliphatic carbocycles. The van der Waals surface area contributed by atoms with Gasteiger partial charge in [0.1, 0.15) is 0 Å². The third kappa shape index (κ3) is 4.94. The van der Waals surface area contributed by atoms with Crippen LogP contribution in [-0.4, -0.2) is 60.9 Å². The Morgan fingerprint density at radius 2 is 1.79 bits per heavy atom. The molecule has 2 amide bonds. The van der Waals surface area contributed by atoms with Crippen LogP contribution >= 0.6 is 23.7 Å². The number of halogens is 1. The van der Waals surface area contributed by atoms with Crippen molar-refractivity contribution in [1.82, 2.24) is 15.1 Å². The minimum absolute atomic E-state index is 0. The average Bonchev–Trinajstić information content (AvgIpc) is 3.15. The second-order valence-electron chi connectivity index (χ2n) is 6.42. The molecule has 2 aliphatic heterocycles. The van der Waals surface area contributed by atoms with Crippen LogP contribution in [0.3, 0.4) is 0 Å². The van der Waals surface area contributed by atoms with Gasteiger partial charge in [0.2, 0.25) is 5.91 Å². The highest BCUT2D eigenvalue weighted by molar-refractivity contribution is 7.08. The minimum Gasteiger partial charge on any atom is -0.339 e. The second-order valence-corrected chi connectivity index (χ2v) is 7.20. The first-order valence-electron chi connectivity index (χ1n) is 8.54. The Morgan fingerprint density at radius 3 is 2.42 bits per heavy atom. The first kappa shape index (κ1) is 19.2. The van der Waals surface area contributed by atoms with E-state index in [0.717, 1.165) is 25.1 Å². The molecule has 0 bridgehead atoms. The Kier molecular flexibility index (Phi) is 7.52. The Morgan fingerprint density at radius 1 is 1.12 bits per heavy atom. The molecule has 0 spiro atoms. The average molecular weight is 372 g/mol. The van der Waals surface area contributed by atoms with E-state index in [2.05, 4.69) is 5.32 Å². The van der Waals surface area contributed by atoms with Gasteiger partial charge in [-0.2, -0.15) is 11.3 Å². The first-order valence-corrected chi connectivity index (χ1v) is 9.48. The fraction of sp³-hybridized carbons (Fsp3) is 0.647. The van der Waals surface area contributed by atoms with Crippen molar-refractivity contribution in [1.29, 1.82) is 0 Å². The summed E-state index contributed by atoms with van der Waals surface area (Å²) in [5.74, 6) is 1.04. The van der Waals surface area contributed by atoms with Crippen LogP contribution in [-0.2, 0) is 4.79 Å². The van der Waals surface area contributed by atoms with Crippen LogP contribution in [0.25, 0.3) is 0 Å². The highest BCUT2D eigenvalue weighted by atomic mass is 35.5. The molecule has 2 aliphatic rings. The molecule has 3 rings (SSSR count). The van der Waals surface area contributed by atoms with E-state index in [9.17, 15) is 9.59 Å². The van der Waals surface area contributed by atoms with E-state index in [1.165, 1.54) is 12.8 Å². The van der Waals surface area contributed by atoms with Gasteiger partial charge in [-0.15, -0.1) is 12.4 Å². The maximum atomic E-state index is 12.4. The van der Waals surface area contributed by atoms with Crippen LogP contribution in [0.2, 0.25) is 0 Å². The van der Waals surface area contributed by atoms with Gasteiger partial charge in [-0.25, -0.2) is 0 Å². The fourth-order valence-electron chi connectivity index (χ4n) is 3.38. The maximum Gasteiger partial charge on any atom is 0.254 e. The maximum absolute atomic E-state index is 12.4. The van der Waals surface area contributed by atoms with E-state index >= 15 is 0 Å². The van der Waals surface area contributed by atoms with Crippen LogP contribution in [0.15, 0.2) is 16.8 Å². The molecule has 1 N–H and O–H groups in total. The SMILES string of the molecule is Cl.O=C(CCC1CCNCC1)N1CCN(C(=O)c2ccsc2)CC1. The number of nitrogens with one attached hydrogen (secondary N) is 1. The molecule has 3 heterocycles. The molecule has 2 saturated heterocycles. The molecule has 7 heteroatoms. The number of carbonyl (C=O) groups excluding carboxylic acids is 2. The summed E-state index contributed by atoms with van der Waals surface area (Å²) < 4.78 is 0. The van der Waals surface area contributed by atoms with E-state index in [-0.39, 0.29) is 24.2 Å². The summed E-state index contributed by atoms with van der Waals surface area (Å²) in [5.41, 5.74) is 0.765. The standard InChI is InChI=1S/C17H25N3O2S.ClH/c21-16(2-1-14-3-6-18-7-4-14)19-8-10-20(11-9-19)17(22)15-5-12-23-13-15;/h5,12-14,18H,1-4,6-11H2;1H. The van der Waals surface area contributed by atoms with Gasteiger partial charge in [-0.3, -0.25) is 9.59 Å². The summed E-state index contributed by atoms with van der Waals surface area (Å²) in [6.45, 7) is 4.80. The number of nitrogens with zero attached hydrogens (tertiary/aromatic N) is 2. The van der Waals surface area contributed by atoms with Crippen LogP contribution in [0.1, 0.15) is 36.0 Å². The lowest BCUT2D eigenvalue weighted by Gasteiger charge is -2.35. The third-order valence-corrected chi connectivity index (χ3v) is 5.60. The number of hydrogen-bond donors (Lipinski definition) is 1. The van der Waals surface area contributed by atoms with Gasteiger partial charge in [0.25, 0.3) is 5.91 Å². The molecule has 0 radical (unpaired) electrons. The van der Waals surface area contributed by atoms with Crippen molar-refractivity contribution in [3.63, 3.8) is 0 Å². The molecular formula is C17H26ClN3O2S.